The fourth-order valence-corrected chi connectivity index (χ4v) is 1.50. The zero-order valence-corrected chi connectivity index (χ0v) is 9.88. The Morgan fingerprint density at radius 1 is 1.24 bits per heavy atom. The van der Waals surface area contributed by atoms with Crippen molar-refractivity contribution in [1.29, 1.82) is 0 Å². The zero-order chi connectivity index (χ0) is 13.1. The van der Waals surface area contributed by atoms with Crippen LogP contribution >= 0.6 is 0 Å². The Morgan fingerprint density at radius 2 is 1.94 bits per heavy atom. The topological polar surface area (TPSA) is 113 Å². The zero-order valence-electron chi connectivity index (χ0n) is 9.88. The highest BCUT2D eigenvalue weighted by atomic mass is 16.5. The molecule has 0 atom stereocenters. The highest BCUT2D eigenvalue weighted by molar-refractivity contribution is 5.69. The minimum Gasteiger partial charge on any atom is -0.480 e. The summed E-state index contributed by atoms with van der Waals surface area (Å²) in [7, 11) is 0. The van der Waals surface area contributed by atoms with Crippen molar-refractivity contribution >= 4 is 5.97 Å². The third-order valence-electron chi connectivity index (χ3n) is 2.22. The maximum absolute atomic E-state index is 10.5. The molecular formula is C10H22N2O5. The van der Waals surface area contributed by atoms with Gasteiger partial charge in [0.15, 0.2) is 6.29 Å². The Kier molecular flexibility index (Phi) is 9.98. The second-order valence-electron chi connectivity index (χ2n) is 3.83. The van der Waals surface area contributed by atoms with Gasteiger partial charge in [0, 0.05) is 6.54 Å². The van der Waals surface area contributed by atoms with E-state index in [4.69, 9.17) is 20.4 Å². The molecule has 0 aromatic carbocycles. The number of carboxylic acid groups (broad SMARTS) is 1. The summed E-state index contributed by atoms with van der Waals surface area (Å²) in [6.45, 7) is 0.955. The van der Waals surface area contributed by atoms with Gasteiger partial charge in [-0.3, -0.25) is 15.0 Å². The maximum Gasteiger partial charge on any atom is 0.317 e. The van der Waals surface area contributed by atoms with Crippen LogP contribution in [0.3, 0.4) is 0 Å². The Balaban J connectivity index is 3.64. The van der Waals surface area contributed by atoms with Crippen LogP contribution in [0, 0.1) is 0 Å². The van der Waals surface area contributed by atoms with Crippen LogP contribution in [-0.2, 0) is 4.79 Å². The van der Waals surface area contributed by atoms with Crippen molar-refractivity contribution in [1.82, 2.24) is 10.2 Å². The number of carboxylic acids is 1. The average molecular weight is 250 g/mol. The molecule has 0 radical (unpaired) electrons. The van der Waals surface area contributed by atoms with Crippen LogP contribution in [0.25, 0.3) is 0 Å². The first kappa shape index (κ1) is 16.3. The summed E-state index contributed by atoms with van der Waals surface area (Å²) < 4.78 is 0. The van der Waals surface area contributed by atoms with Gasteiger partial charge in [-0.1, -0.05) is 6.42 Å². The molecule has 0 aromatic heterocycles. The predicted molar refractivity (Wildman–Crippen MR) is 61.2 cm³/mol. The molecule has 0 aliphatic rings. The number of hydrogen-bond acceptors (Lipinski definition) is 6. The van der Waals surface area contributed by atoms with Crippen molar-refractivity contribution in [2.24, 2.45) is 0 Å². The van der Waals surface area contributed by atoms with Crippen LogP contribution in [0.15, 0.2) is 0 Å². The first-order chi connectivity index (χ1) is 8.06. The maximum atomic E-state index is 10.5. The molecule has 5 N–H and O–H groups in total. The highest BCUT2D eigenvalue weighted by Gasteiger charge is 2.12. The van der Waals surface area contributed by atoms with Crippen LogP contribution in [-0.4, -0.2) is 70.5 Å². The van der Waals surface area contributed by atoms with E-state index in [1.54, 1.807) is 0 Å². The van der Waals surface area contributed by atoms with E-state index in [1.165, 1.54) is 4.90 Å². The molecule has 0 spiro atoms. The van der Waals surface area contributed by atoms with Crippen molar-refractivity contribution in [2.45, 2.75) is 25.6 Å². The summed E-state index contributed by atoms with van der Waals surface area (Å²) in [6, 6.07) is 0. The lowest BCUT2D eigenvalue weighted by Gasteiger charge is -2.20. The van der Waals surface area contributed by atoms with Gasteiger partial charge in [-0.05, 0) is 25.9 Å². The summed E-state index contributed by atoms with van der Waals surface area (Å²) in [5.74, 6) is -0.979. The van der Waals surface area contributed by atoms with Gasteiger partial charge in [-0.15, -0.1) is 0 Å². The molecule has 0 bridgehead atoms. The molecule has 0 amide bonds. The van der Waals surface area contributed by atoms with Crippen molar-refractivity contribution in [3.63, 3.8) is 0 Å². The lowest BCUT2D eigenvalue weighted by atomic mass is 10.2. The Morgan fingerprint density at radius 3 is 2.47 bits per heavy atom. The molecule has 17 heavy (non-hydrogen) atoms. The summed E-state index contributed by atoms with van der Waals surface area (Å²) in [5.41, 5.74) is 0. The lowest BCUT2D eigenvalue weighted by molar-refractivity contribution is -0.139. The predicted octanol–water partition coefficient (Wildman–Crippen LogP) is -1.61. The lowest BCUT2D eigenvalue weighted by Crippen LogP contribution is -2.37. The Bertz CT molecular complexity index is 201. The van der Waals surface area contributed by atoms with E-state index in [0.29, 0.717) is 6.54 Å². The second-order valence-corrected chi connectivity index (χ2v) is 3.83. The number of unbranched alkanes of at least 4 members (excludes halogenated alkanes) is 2. The van der Waals surface area contributed by atoms with E-state index < -0.39 is 12.3 Å². The number of aliphatic carboxylic acids is 1. The van der Waals surface area contributed by atoms with E-state index in [1.807, 2.05) is 0 Å². The largest absolute Gasteiger partial charge is 0.480 e. The third kappa shape index (κ3) is 11.5. The minimum absolute atomic E-state index is 0.0398. The molecule has 0 unspecified atom stereocenters. The quantitative estimate of drug-likeness (QED) is 0.221. The number of aliphatic hydroxyl groups excluding tert-OH is 2. The van der Waals surface area contributed by atoms with E-state index in [9.17, 15) is 4.79 Å². The molecule has 102 valence electrons. The van der Waals surface area contributed by atoms with Gasteiger partial charge in [0.25, 0.3) is 0 Å². The summed E-state index contributed by atoms with van der Waals surface area (Å²) in [5, 5.41) is 37.4. The summed E-state index contributed by atoms with van der Waals surface area (Å²) >= 11 is 0. The summed E-state index contributed by atoms with van der Waals surface area (Å²) in [6.07, 6.45) is 1.06. The number of rotatable bonds is 11. The number of nitrogens with zero attached hydrogens (tertiary/aromatic N) is 1. The van der Waals surface area contributed by atoms with E-state index in [-0.39, 0.29) is 19.8 Å². The van der Waals surface area contributed by atoms with Crippen LogP contribution < -0.4 is 5.32 Å². The number of nitrogens with one attached hydrogen (secondary N) is 1. The van der Waals surface area contributed by atoms with Crippen LogP contribution in [0.4, 0.5) is 0 Å². The molecule has 0 fully saturated rings. The van der Waals surface area contributed by atoms with E-state index >= 15 is 0 Å². The number of hydrogen-bond donors (Lipinski definition) is 5. The smallest absolute Gasteiger partial charge is 0.317 e. The molecule has 0 saturated heterocycles. The second kappa shape index (κ2) is 10.4. The van der Waals surface area contributed by atoms with Crippen LogP contribution in [0.5, 0.6) is 0 Å². The van der Waals surface area contributed by atoms with Crippen molar-refractivity contribution in [3.8, 4) is 0 Å². The molecule has 0 aliphatic heterocycles. The van der Waals surface area contributed by atoms with Gasteiger partial charge in [-0.2, -0.15) is 0 Å². The molecule has 0 saturated carbocycles. The van der Waals surface area contributed by atoms with Gasteiger partial charge in [0.2, 0.25) is 0 Å². The molecule has 0 rings (SSSR count). The van der Waals surface area contributed by atoms with Crippen LogP contribution in [0.1, 0.15) is 19.3 Å². The molecule has 0 heterocycles. The van der Waals surface area contributed by atoms with Gasteiger partial charge in [-0.25, -0.2) is 0 Å². The van der Waals surface area contributed by atoms with E-state index in [2.05, 4.69) is 5.32 Å². The standard InChI is InChI=1S/C10H22N2O5/c13-8-11-4-2-1-3-5-12(6-9(14)15)7-10(16)17/h9,11,13-15H,1-8H2,(H,16,17). The molecular weight excluding hydrogens is 228 g/mol. The number of aliphatic hydroxyl groups is 3. The molecule has 7 nitrogen and oxygen atoms in total. The van der Waals surface area contributed by atoms with Gasteiger partial charge in [0.1, 0.15) is 0 Å². The molecule has 7 heteroatoms. The van der Waals surface area contributed by atoms with Crippen molar-refractivity contribution in [2.75, 3.05) is 32.9 Å². The van der Waals surface area contributed by atoms with Crippen LogP contribution in [0.2, 0.25) is 0 Å². The first-order valence-electron chi connectivity index (χ1n) is 5.68. The Labute approximate surface area is 101 Å². The summed E-state index contributed by atoms with van der Waals surface area (Å²) in [4.78, 5) is 12.0. The fraction of sp³-hybridized carbons (Fsp3) is 0.900. The van der Waals surface area contributed by atoms with Crippen molar-refractivity contribution < 1.29 is 25.2 Å². The monoisotopic (exact) mass is 250 g/mol. The van der Waals surface area contributed by atoms with E-state index in [0.717, 1.165) is 25.8 Å². The van der Waals surface area contributed by atoms with Gasteiger partial charge in [0.05, 0.1) is 13.3 Å². The minimum atomic E-state index is -1.51. The number of carbonyl (C=O) groups is 1. The van der Waals surface area contributed by atoms with Gasteiger partial charge >= 0.3 is 5.97 Å². The molecule has 0 aromatic rings. The first-order valence-corrected chi connectivity index (χ1v) is 5.68. The average Bonchev–Trinajstić information content (AvgIpc) is 2.21. The fourth-order valence-electron chi connectivity index (χ4n) is 1.50. The Hall–Kier alpha value is -0.730. The SMILES string of the molecule is O=C(O)CN(CCCCCNCO)CC(O)O. The third-order valence-corrected chi connectivity index (χ3v) is 2.22. The normalized spacial score (nSPS) is 11.4. The molecule has 0 aliphatic carbocycles. The highest BCUT2D eigenvalue weighted by Crippen LogP contribution is 1.99. The van der Waals surface area contributed by atoms with Gasteiger partial charge < -0.3 is 20.4 Å². The van der Waals surface area contributed by atoms with Crippen molar-refractivity contribution in [3.05, 3.63) is 0 Å².